The first kappa shape index (κ1) is 46.5. The topological polar surface area (TPSA) is 134 Å². The van der Waals surface area contributed by atoms with E-state index in [9.17, 15) is 30.0 Å². The molecule has 6 atom stereocenters. The van der Waals surface area contributed by atoms with Gasteiger partial charge in [-0.05, 0) is 31.6 Å². The Bertz CT molecular complexity index is 833. The number of carbonyl (C=O) groups is 2. The summed E-state index contributed by atoms with van der Waals surface area (Å²) in [6.07, 6.45) is 30.5. The van der Waals surface area contributed by atoms with Gasteiger partial charge in [-0.2, -0.15) is 0 Å². The molecule has 1 rings (SSSR count). The largest absolute Gasteiger partial charge is 0.463 e. The molecule has 1 saturated carbocycles. The minimum atomic E-state index is -1.03. The van der Waals surface area contributed by atoms with Gasteiger partial charge in [-0.3, -0.25) is 9.59 Å². The number of aliphatic hydroxyl groups is 4. The molecule has 0 amide bonds. The summed E-state index contributed by atoms with van der Waals surface area (Å²) in [7, 11) is 0. The summed E-state index contributed by atoms with van der Waals surface area (Å²) in [5, 5.41) is 41.2. The predicted molar refractivity (Wildman–Crippen MR) is 203 cm³/mol. The molecule has 0 heterocycles. The van der Waals surface area contributed by atoms with Crippen LogP contribution in [-0.4, -0.2) is 70.0 Å². The Morgan fingerprint density at radius 1 is 0.600 bits per heavy atom. The van der Waals surface area contributed by atoms with Crippen molar-refractivity contribution in [3.63, 3.8) is 0 Å². The molecule has 0 spiro atoms. The van der Waals surface area contributed by atoms with Gasteiger partial charge in [0.2, 0.25) is 0 Å². The Morgan fingerprint density at radius 3 is 1.50 bits per heavy atom. The molecule has 0 aromatic rings. The van der Waals surface area contributed by atoms with Gasteiger partial charge in [0.15, 0.2) is 0 Å². The van der Waals surface area contributed by atoms with Crippen molar-refractivity contribution in [2.75, 3.05) is 13.2 Å². The van der Waals surface area contributed by atoms with Crippen molar-refractivity contribution in [2.24, 2.45) is 11.8 Å². The fourth-order valence-corrected chi connectivity index (χ4v) is 7.12. The van der Waals surface area contributed by atoms with Gasteiger partial charge in [0, 0.05) is 25.2 Å². The van der Waals surface area contributed by atoms with Gasteiger partial charge >= 0.3 is 11.9 Å². The average molecular weight is 711 g/mol. The highest BCUT2D eigenvalue weighted by Gasteiger charge is 2.39. The summed E-state index contributed by atoms with van der Waals surface area (Å²) in [6, 6.07) is 0. The molecule has 0 radical (unpaired) electrons. The fraction of sp³-hybridized carbons (Fsp3) is 0.905. The maximum atomic E-state index is 12.1. The minimum Gasteiger partial charge on any atom is -0.463 e. The lowest BCUT2D eigenvalue weighted by Gasteiger charge is -2.21. The molecule has 0 bridgehead atoms. The average Bonchev–Trinajstić information content (AvgIpc) is 3.37. The SMILES string of the molecule is CCCCCCCCCCCCCCCCCCC(=O)OC[C@H](O)COC(=O)CCCCCC[C@@H]1[C@@H](/C=C/[C@@H](O)CCCCC)[C@H](O)C[C@@H]1O. The molecule has 0 aromatic carbocycles. The van der Waals surface area contributed by atoms with Crippen molar-refractivity contribution >= 4 is 11.9 Å². The standard InChI is InChI=1S/C42H78O8/c1-3-5-7-8-9-10-11-12-13-14-15-16-17-18-19-24-28-41(47)49-33-36(44)34-50-42(48)29-25-21-20-23-27-37-38(40(46)32-39(37)45)31-30-35(43)26-22-6-4-2/h30-31,35-40,43-46H,3-29,32-34H2,1-2H3/b31-30+/t35-,36-,37+,38+,39-,40+/m0/s1. The highest BCUT2D eigenvalue weighted by molar-refractivity contribution is 5.69. The van der Waals surface area contributed by atoms with Crippen molar-refractivity contribution in [3.05, 3.63) is 12.2 Å². The number of hydrogen-bond acceptors (Lipinski definition) is 8. The summed E-state index contributed by atoms with van der Waals surface area (Å²) in [5.41, 5.74) is 0. The Morgan fingerprint density at radius 2 is 1.02 bits per heavy atom. The van der Waals surface area contributed by atoms with Crippen LogP contribution >= 0.6 is 0 Å². The van der Waals surface area contributed by atoms with Crippen LogP contribution < -0.4 is 0 Å². The lowest BCUT2D eigenvalue weighted by atomic mass is 9.88. The first-order valence-electron chi connectivity index (χ1n) is 21.0. The zero-order chi connectivity index (χ0) is 36.7. The van der Waals surface area contributed by atoms with E-state index in [1.165, 1.54) is 83.5 Å². The molecule has 50 heavy (non-hydrogen) atoms. The third-order valence-corrected chi connectivity index (χ3v) is 10.4. The van der Waals surface area contributed by atoms with Crippen LogP contribution in [0.15, 0.2) is 12.2 Å². The third kappa shape index (κ3) is 25.5. The monoisotopic (exact) mass is 711 g/mol. The molecule has 0 saturated heterocycles. The van der Waals surface area contributed by atoms with Crippen LogP contribution in [0, 0.1) is 11.8 Å². The molecule has 0 aromatic heterocycles. The van der Waals surface area contributed by atoms with Crippen LogP contribution in [0.5, 0.6) is 0 Å². The van der Waals surface area contributed by atoms with Crippen molar-refractivity contribution in [1.29, 1.82) is 0 Å². The Hall–Kier alpha value is -1.48. The molecule has 1 aliphatic rings. The summed E-state index contributed by atoms with van der Waals surface area (Å²) in [5.74, 6) is -0.868. The maximum absolute atomic E-state index is 12.1. The fourth-order valence-electron chi connectivity index (χ4n) is 7.12. The number of hydrogen-bond donors (Lipinski definition) is 4. The van der Waals surface area contributed by atoms with Crippen LogP contribution in [0.3, 0.4) is 0 Å². The second kappa shape index (κ2) is 32.2. The molecule has 8 nitrogen and oxygen atoms in total. The third-order valence-electron chi connectivity index (χ3n) is 10.4. The first-order valence-corrected chi connectivity index (χ1v) is 21.0. The van der Waals surface area contributed by atoms with Gasteiger partial charge < -0.3 is 29.9 Å². The van der Waals surface area contributed by atoms with E-state index in [-0.39, 0.29) is 43.4 Å². The van der Waals surface area contributed by atoms with E-state index in [4.69, 9.17) is 9.47 Å². The summed E-state index contributed by atoms with van der Waals surface area (Å²) >= 11 is 0. The molecule has 1 aliphatic carbocycles. The van der Waals surface area contributed by atoms with E-state index in [0.717, 1.165) is 70.6 Å². The Labute approximate surface area is 306 Å². The second-order valence-electron chi connectivity index (χ2n) is 15.1. The number of carbonyl (C=O) groups excluding carboxylic acids is 2. The highest BCUT2D eigenvalue weighted by atomic mass is 16.6. The quantitative estimate of drug-likeness (QED) is 0.0295. The lowest BCUT2D eigenvalue weighted by molar-refractivity contribution is -0.152. The molecule has 4 N–H and O–H groups in total. The Balaban J connectivity index is 1.98. The number of unbranched alkanes of at least 4 members (excludes halogenated alkanes) is 20. The second-order valence-corrected chi connectivity index (χ2v) is 15.1. The number of ether oxygens (including phenoxy) is 2. The number of esters is 2. The van der Waals surface area contributed by atoms with Crippen LogP contribution in [0.1, 0.15) is 194 Å². The first-order chi connectivity index (χ1) is 24.3. The van der Waals surface area contributed by atoms with Crippen molar-refractivity contribution in [3.8, 4) is 0 Å². The molecular formula is C42H78O8. The molecular weight excluding hydrogens is 632 g/mol. The van der Waals surface area contributed by atoms with Gasteiger partial charge in [-0.25, -0.2) is 0 Å². The molecule has 1 fully saturated rings. The molecule has 0 unspecified atom stereocenters. The summed E-state index contributed by atoms with van der Waals surface area (Å²) < 4.78 is 10.3. The zero-order valence-electron chi connectivity index (χ0n) is 32.3. The van der Waals surface area contributed by atoms with E-state index in [2.05, 4.69) is 13.8 Å². The maximum Gasteiger partial charge on any atom is 0.305 e. The van der Waals surface area contributed by atoms with Crippen molar-refractivity contribution < 1.29 is 39.5 Å². The van der Waals surface area contributed by atoms with Crippen molar-refractivity contribution in [2.45, 2.75) is 218 Å². The molecule has 8 heteroatoms. The Kier molecular flexibility index (Phi) is 30.0. The van der Waals surface area contributed by atoms with Crippen LogP contribution in [0.4, 0.5) is 0 Å². The van der Waals surface area contributed by atoms with E-state index >= 15 is 0 Å². The molecule has 0 aliphatic heterocycles. The van der Waals surface area contributed by atoms with E-state index < -0.39 is 24.4 Å². The zero-order valence-corrected chi connectivity index (χ0v) is 32.3. The normalized spacial score (nSPS) is 20.4. The van der Waals surface area contributed by atoms with Gasteiger partial charge in [0.25, 0.3) is 0 Å². The lowest BCUT2D eigenvalue weighted by Crippen LogP contribution is -2.25. The van der Waals surface area contributed by atoms with Gasteiger partial charge in [0.1, 0.15) is 19.3 Å². The smallest absolute Gasteiger partial charge is 0.305 e. The molecule has 294 valence electrons. The predicted octanol–water partition coefficient (Wildman–Crippen LogP) is 9.28. The van der Waals surface area contributed by atoms with Gasteiger partial charge in [-0.15, -0.1) is 0 Å². The van der Waals surface area contributed by atoms with Gasteiger partial charge in [0.05, 0.1) is 18.3 Å². The minimum absolute atomic E-state index is 0.0291. The summed E-state index contributed by atoms with van der Waals surface area (Å²) in [4.78, 5) is 24.1. The van der Waals surface area contributed by atoms with Crippen LogP contribution in [0.2, 0.25) is 0 Å². The van der Waals surface area contributed by atoms with E-state index in [0.29, 0.717) is 19.3 Å². The van der Waals surface area contributed by atoms with Crippen LogP contribution in [-0.2, 0) is 19.1 Å². The number of rotatable bonds is 34. The van der Waals surface area contributed by atoms with E-state index in [1.807, 2.05) is 6.08 Å². The van der Waals surface area contributed by atoms with E-state index in [1.54, 1.807) is 6.08 Å². The van der Waals surface area contributed by atoms with Crippen molar-refractivity contribution in [1.82, 2.24) is 0 Å². The number of aliphatic hydroxyl groups excluding tert-OH is 4. The van der Waals surface area contributed by atoms with Crippen LogP contribution in [0.25, 0.3) is 0 Å². The highest BCUT2D eigenvalue weighted by Crippen LogP contribution is 2.37. The van der Waals surface area contributed by atoms with Gasteiger partial charge in [-0.1, -0.05) is 161 Å². The summed E-state index contributed by atoms with van der Waals surface area (Å²) in [6.45, 7) is 4.04.